The van der Waals surface area contributed by atoms with Gasteiger partial charge in [0.25, 0.3) is 5.56 Å². The first-order chi connectivity index (χ1) is 11.9. The number of rotatable bonds is 4. The van der Waals surface area contributed by atoms with Crippen molar-refractivity contribution in [1.29, 1.82) is 0 Å². The van der Waals surface area contributed by atoms with Crippen molar-refractivity contribution in [2.24, 2.45) is 0 Å². The molecule has 0 saturated heterocycles. The second-order valence-corrected chi connectivity index (χ2v) is 5.68. The lowest BCUT2D eigenvalue weighted by molar-refractivity contribution is -0.116. The molecule has 0 aliphatic heterocycles. The number of hydrogen-bond donors (Lipinski definition) is 3. The van der Waals surface area contributed by atoms with Gasteiger partial charge in [-0.1, -0.05) is 6.07 Å². The maximum atomic E-state index is 12.1. The Morgan fingerprint density at radius 1 is 1.08 bits per heavy atom. The number of nitrogens with zero attached hydrogens (tertiary/aromatic N) is 1. The summed E-state index contributed by atoms with van der Waals surface area (Å²) in [5.74, 6) is -0.285. The van der Waals surface area contributed by atoms with Crippen molar-refractivity contribution in [3.05, 3.63) is 73.3 Å². The summed E-state index contributed by atoms with van der Waals surface area (Å²) < 4.78 is 1.25. The molecule has 0 unspecified atom stereocenters. The van der Waals surface area contributed by atoms with E-state index in [9.17, 15) is 19.2 Å². The third kappa shape index (κ3) is 3.74. The zero-order valence-electron chi connectivity index (χ0n) is 13.5. The zero-order chi connectivity index (χ0) is 18.0. The van der Waals surface area contributed by atoms with E-state index in [4.69, 9.17) is 0 Å². The number of anilines is 1. The highest BCUT2D eigenvalue weighted by Crippen LogP contribution is 2.19. The third-order valence-electron chi connectivity index (χ3n) is 3.81. The van der Waals surface area contributed by atoms with Crippen molar-refractivity contribution in [1.82, 2.24) is 14.5 Å². The van der Waals surface area contributed by atoms with E-state index in [0.717, 1.165) is 10.9 Å². The average molecular weight is 340 g/mol. The molecule has 0 aliphatic rings. The van der Waals surface area contributed by atoms with Gasteiger partial charge in [-0.25, -0.2) is 4.79 Å². The van der Waals surface area contributed by atoms with E-state index < -0.39 is 11.2 Å². The van der Waals surface area contributed by atoms with Crippen LogP contribution < -0.4 is 22.1 Å². The third-order valence-corrected chi connectivity index (χ3v) is 3.81. The van der Waals surface area contributed by atoms with Gasteiger partial charge in [-0.3, -0.25) is 19.4 Å². The lowest BCUT2D eigenvalue weighted by atomic mass is 10.1. The van der Waals surface area contributed by atoms with Gasteiger partial charge in [-0.2, -0.15) is 0 Å². The molecule has 3 N–H and O–H groups in total. The van der Waals surface area contributed by atoms with E-state index in [1.807, 2.05) is 13.0 Å². The van der Waals surface area contributed by atoms with E-state index in [1.165, 1.54) is 22.9 Å². The molecule has 2 heterocycles. The average Bonchev–Trinajstić information content (AvgIpc) is 2.53. The van der Waals surface area contributed by atoms with Gasteiger partial charge in [0, 0.05) is 42.4 Å². The Morgan fingerprint density at radius 3 is 2.64 bits per heavy atom. The highest BCUT2D eigenvalue weighted by molar-refractivity contribution is 5.94. The number of benzene rings is 1. The lowest BCUT2D eigenvalue weighted by Gasteiger charge is -2.08. The van der Waals surface area contributed by atoms with Crippen LogP contribution in [-0.2, 0) is 11.3 Å². The molecule has 0 bridgehead atoms. The number of fused-ring (bicyclic) bond motifs is 1. The van der Waals surface area contributed by atoms with Crippen LogP contribution in [0.1, 0.15) is 12.0 Å². The Balaban J connectivity index is 1.72. The molecule has 0 atom stereocenters. The van der Waals surface area contributed by atoms with Crippen LogP contribution in [0.15, 0.2) is 50.9 Å². The van der Waals surface area contributed by atoms with Gasteiger partial charge in [-0.05, 0) is 24.6 Å². The molecule has 1 aromatic carbocycles. The molecule has 0 spiro atoms. The van der Waals surface area contributed by atoms with Crippen molar-refractivity contribution >= 4 is 22.5 Å². The Morgan fingerprint density at radius 2 is 1.88 bits per heavy atom. The summed E-state index contributed by atoms with van der Waals surface area (Å²) in [4.78, 5) is 51.0. The lowest BCUT2D eigenvalue weighted by Crippen LogP contribution is -2.29. The fourth-order valence-electron chi connectivity index (χ4n) is 2.58. The topological polar surface area (TPSA) is 117 Å². The molecular weight excluding hydrogens is 324 g/mol. The number of aromatic nitrogens is 3. The normalized spacial score (nSPS) is 10.8. The molecule has 2 aromatic heterocycles. The molecule has 3 aromatic rings. The quantitative estimate of drug-likeness (QED) is 0.648. The van der Waals surface area contributed by atoms with E-state index in [1.54, 1.807) is 12.1 Å². The van der Waals surface area contributed by atoms with Gasteiger partial charge >= 0.3 is 5.69 Å². The molecular formula is C17H16N4O4. The summed E-state index contributed by atoms with van der Waals surface area (Å²) in [6.07, 6.45) is 1.41. The van der Waals surface area contributed by atoms with Crippen LogP contribution in [0.2, 0.25) is 0 Å². The minimum atomic E-state index is -0.556. The van der Waals surface area contributed by atoms with E-state index >= 15 is 0 Å². The molecule has 0 fully saturated rings. The number of pyridine rings is 1. The van der Waals surface area contributed by atoms with Crippen molar-refractivity contribution < 1.29 is 4.79 Å². The number of amides is 1. The standard InChI is InChI=1S/C17H16N4O4/c1-10-8-16(24)19-13-9-11(2-3-12(10)13)18-14(22)4-6-21-7-5-15(23)20-17(21)25/h2-3,5,7-9H,4,6H2,1H3,(H,18,22)(H,19,24)(H,20,23,25). The first-order valence-corrected chi connectivity index (χ1v) is 7.66. The fourth-order valence-corrected chi connectivity index (χ4v) is 2.58. The molecule has 1 amide bonds. The summed E-state index contributed by atoms with van der Waals surface area (Å²) in [6.45, 7) is 1.99. The van der Waals surface area contributed by atoms with Crippen molar-refractivity contribution in [2.75, 3.05) is 5.32 Å². The molecule has 0 saturated carbocycles. The Hall–Kier alpha value is -3.42. The van der Waals surface area contributed by atoms with Crippen LogP contribution >= 0.6 is 0 Å². The smallest absolute Gasteiger partial charge is 0.326 e. The highest BCUT2D eigenvalue weighted by Gasteiger charge is 2.06. The predicted octanol–water partition coefficient (Wildman–Crippen LogP) is 0.715. The largest absolute Gasteiger partial charge is 0.328 e. The van der Waals surface area contributed by atoms with E-state index in [-0.39, 0.29) is 24.4 Å². The second kappa shape index (κ2) is 6.60. The molecule has 8 nitrogen and oxygen atoms in total. The SMILES string of the molecule is Cc1cc(=O)[nH]c2cc(NC(=O)CCn3ccc(=O)[nH]c3=O)ccc12. The monoisotopic (exact) mass is 340 g/mol. The molecule has 3 rings (SSSR count). The summed E-state index contributed by atoms with van der Waals surface area (Å²) in [7, 11) is 0. The van der Waals surface area contributed by atoms with Crippen molar-refractivity contribution in [3.63, 3.8) is 0 Å². The first kappa shape index (κ1) is 16.4. The van der Waals surface area contributed by atoms with Crippen molar-refractivity contribution in [2.45, 2.75) is 19.9 Å². The van der Waals surface area contributed by atoms with Crippen LogP contribution in [0.25, 0.3) is 10.9 Å². The van der Waals surface area contributed by atoms with Gasteiger partial charge in [-0.15, -0.1) is 0 Å². The van der Waals surface area contributed by atoms with E-state index in [2.05, 4.69) is 15.3 Å². The van der Waals surface area contributed by atoms with Gasteiger partial charge in [0.2, 0.25) is 11.5 Å². The number of carbonyl (C=O) groups is 1. The van der Waals surface area contributed by atoms with Crippen molar-refractivity contribution in [3.8, 4) is 0 Å². The molecule has 8 heteroatoms. The number of H-pyrrole nitrogens is 2. The summed E-state index contributed by atoms with van der Waals surface area (Å²) >= 11 is 0. The van der Waals surface area contributed by atoms with Gasteiger partial charge in [0.05, 0.1) is 5.52 Å². The van der Waals surface area contributed by atoms with Gasteiger partial charge in [0.15, 0.2) is 0 Å². The number of hydrogen-bond acceptors (Lipinski definition) is 4. The van der Waals surface area contributed by atoms with Crippen LogP contribution in [0, 0.1) is 6.92 Å². The van der Waals surface area contributed by atoms with Crippen LogP contribution in [-0.4, -0.2) is 20.4 Å². The number of carbonyl (C=O) groups excluding carboxylic acids is 1. The highest BCUT2D eigenvalue weighted by atomic mass is 16.2. The molecule has 25 heavy (non-hydrogen) atoms. The van der Waals surface area contributed by atoms with Gasteiger partial charge < -0.3 is 14.9 Å². The number of aromatic amines is 2. The maximum absolute atomic E-state index is 12.1. The van der Waals surface area contributed by atoms with Crippen LogP contribution in [0.4, 0.5) is 5.69 Å². The molecule has 128 valence electrons. The number of aryl methyl sites for hydroxylation is 2. The first-order valence-electron chi connectivity index (χ1n) is 7.66. The minimum Gasteiger partial charge on any atom is -0.326 e. The fraction of sp³-hybridized carbons (Fsp3) is 0.176. The predicted molar refractivity (Wildman–Crippen MR) is 93.9 cm³/mol. The Kier molecular flexibility index (Phi) is 4.34. The van der Waals surface area contributed by atoms with Crippen LogP contribution in [0.3, 0.4) is 0 Å². The Bertz CT molecular complexity index is 1120. The molecule has 0 aliphatic carbocycles. The second-order valence-electron chi connectivity index (χ2n) is 5.68. The van der Waals surface area contributed by atoms with Gasteiger partial charge in [0.1, 0.15) is 0 Å². The van der Waals surface area contributed by atoms with Crippen LogP contribution in [0.5, 0.6) is 0 Å². The Labute approximate surface area is 141 Å². The summed E-state index contributed by atoms with van der Waals surface area (Å²) in [5.41, 5.74) is 0.803. The minimum absolute atomic E-state index is 0.0638. The molecule has 0 radical (unpaired) electrons. The zero-order valence-corrected chi connectivity index (χ0v) is 13.5. The maximum Gasteiger partial charge on any atom is 0.328 e. The van der Waals surface area contributed by atoms with E-state index in [0.29, 0.717) is 11.2 Å². The number of nitrogens with one attached hydrogen (secondary N) is 3. The summed E-state index contributed by atoms with van der Waals surface area (Å²) in [6, 6.07) is 8.00. The summed E-state index contributed by atoms with van der Waals surface area (Å²) in [5, 5.41) is 3.63.